The van der Waals surface area contributed by atoms with E-state index < -0.39 is 0 Å². The molecule has 0 aliphatic carbocycles. The van der Waals surface area contributed by atoms with Crippen molar-refractivity contribution in [2.45, 2.75) is 0 Å². The quantitative estimate of drug-likeness (QED) is 0.863. The zero-order chi connectivity index (χ0) is 11.9. The number of hydrogen-bond acceptors (Lipinski definition) is 3. The third-order valence-corrected chi connectivity index (χ3v) is 2.79. The third-order valence-electron chi connectivity index (χ3n) is 2.19. The molecule has 0 spiro atoms. The van der Waals surface area contributed by atoms with Gasteiger partial charge < -0.3 is 10.0 Å². The van der Waals surface area contributed by atoms with Gasteiger partial charge in [0.25, 0.3) is 5.91 Å². The first kappa shape index (κ1) is 10.9. The first-order chi connectivity index (χ1) is 7.50. The molecule has 2 rings (SSSR count). The number of pyridine rings is 1. The summed E-state index contributed by atoms with van der Waals surface area (Å²) in [5, 5.41) is 13.4. The molecule has 1 amide bonds. The van der Waals surface area contributed by atoms with Crippen molar-refractivity contribution in [3.05, 3.63) is 28.5 Å². The molecular formula is C10H10BrN3O2. The maximum atomic E-state index is 11.8. The zero-order valence-electron chi connectivity index (χ0n) is 8.81. The molecular weight excluding hydrogens is 274 g/mol. The summed E-state index contributed by atoms with van der Waals surface area (Å²) in [6.07, 6.45) is 2.94. The zero-order valence-corrected chi connectivity index (χ0v) is 10.4. The van der Waals surface area contributed by atoms with Crippen molar-refractivity contribution < 1.29 is 9.90 Å². The van der Waals surface area contributed by atoms with E-state index in [1.165, 1.54) is 27.9 Å². The van der Waals surface area contributed by atoms with Crippen LogP contribution in [0.2, 0.25) is 0 Å². The number of rotatable bonds is 1. The maximum Gasteiger partial charge on any atom is 0.257 e. The minimum atomic E-state index is -0.124. The number of carbonyl (C=O) groups is 1. The Morgan fingerprint density at radius 3 is 2.88 bits per heavy atom. The number of amides is 1. The van der Waals surface area contributed by atoms with Crippen molar-refractivity contribution in [1.82, 2.24) is 14.5 Å². The molecule has 0 saturated carbocycles. The predicted octanol–water partition coefficient (Wildman–Crippen LogP) is 1.50. The molecule has 84 valence electrons. The Kier molecular flexibility index (Phi) is 2.59. The fourth-order valence-corrected chi connectivity index (χ4v) is 2.09. The Balaban J connectivity index is 2.69. The van der Waals surface area contributed by atoms with Gasteiger partial charge in [0.05, 0.1) is 23.5 Å². The van der Waals surface area contributed by atoms with Gasteiger partial charge in [0.1, 0.15) is 5.75 Å². The SMILES string of the molecule is CN(C)C(=O)c1cnn2cc(O)cc(Br)c12. The fraction of sp³-hybridized carbons (Fsp3) is 0.200. The normalized spacial score (nSPS) is 10.7. The third kappa shape index (κ3) is 1.65. The topological polar surface area (TPSA) is 57.8 Å². The molecule has 2 aromatic heterocycles. The van der Waals surface area contributed by atoms with Crippen LogP contribution in [0.3, 0.4) is 0 Å². The summed E-state index contributed by atoms with van der Waals surface area (Å²) in [5.41, 5.74) is 1.15. The van der Waals surface area contributed by atoms with E-state index in [9.17, 15) is 9.90 Å². The number of carbonyl (C=O) groups excluding carboxylic acids is 1. The van der Waals surface area contributed by atoms with Gasteiger partial charge in [-0.1, -0.05) is 0 Å². The molecule has 0 unspecified atom stereocenters. The van der Waals surface area contributed by atoms with Crippen LogP contribution in [0.4, 0.5) is 0 Å². The van der Waals surface area contributed by atoms with Gasteiger partial charge in [-0.05, 0) is 22.0 Å². The van der Waals surface area contributed by atoms with Crippen LogP contribution in [0.25, 0.3) is 5.52 Å². The Labute approximate surface area is 100 Å². The molecule has 1 N–H and O–H groups in total. The molecule has 0 aromatic carbocycles. The standard InChI is InChI=1S/C10H10BrN3O2/c1-13(2)10(16)7-4-12-14-5-6(15)3-8(11)9(7)14/h3-5,15H,1-2H3. The molecule has 6 heteroatoms. The molecule has 0 saturated heterocycles. The molecule has 0 bridgehead atoms. The Bertz CT molecular complexity index is 562. The van der Waals surface area contributed by atoms with Crippen LogP contribution in [-0.4, -0.2) is 39.6 Å². The van der Waals surface area contributed by atoms with Gasteiger partial charge in [-0.2, -0.15) is 5.10 Å². The van der Waals surface area contributed by atoms with Gasteiger partial charge in [-0.3, -0.25) is 4.79 Å². The number of fused-ring (bicyclic) bond motifs is 1. The predicted molar refractivity (Wildman–Crippen MR) is 62.6 cm³/mol. The molecule has 5 nitrogen and oxygen atoms in total. The molecule has 0 atom stereocenters. The van der Waals surface area contributed by atoms with Crippen LogP contribution in [0.5, 0.6) is 5.75 Å². The van der Waals surface area contributed by atoms with Crippen LogP contribution in [0, 0.1) is 0 Å². The van der Waals surface area contributed by atoms with E-state index in [1.807, 2.05) is 0 Å². The lowest BCUT2D eigenvalue weighted by Crippen LogP contribution is -2.21. The minimum Gasteiger partial charge on any atom is -0.506 e. The van der Waals surface area contributed by atoms with Gasteiger partial charge >= 0.3 is 0 Å². The van der Waals surface area contributed by atoms with Crippen LogP contribution >= 0.6 is 15.9 Å². The monoisotopic (exact) mass is 283 g/mol. The second kappa shape index (κ2) is 3.79. The van der Waals surface area contributed by atoms with E-state index in [0.717, 1.165) is 0 Å². The minimum absolute atomic E-state index is 0.0892. The average molecular weight is 284 g/mol. The highest BCUT2D eigenvalue weighted by atomic mass is 79.9. The fourth-order valence-electron chi connectivity index (χ4n) is 1.46. The summed E-state index contributed by atoms with van der Waals surface area (Å²) >= 11 is 3.30. The number of hydrogen-bond donors (Lipinski definition) is 1. The molecule has 0 aliphatic heterocycles. The summed E-state index contributed by atoms with van der Waals surface area (Å²) in [7, 11) is 3.36. The van der Waals surface area contributed by atoms with Crippen molar-refractivity contribution in [1.29, 1.82) is 0 Å². The van der Waals surface area contributed by atoms with Crippen LogP contribution in [0.1, 0.15) is 10.4 Å². The van der Waals surface area contributed by atoms with E-state index in [-0.39, 0.29) is 11.7 Å². The van der Waals surface area contributed by atoms with Gasteiger partial charge in [0.15, 0.2) is 0 Å². The van der Waals surface area contributed by atoms with Crippen molar-refractivity contribution in [2.75, 3.05) is 14.1 Å². The van der Waals surface area contributed by atoms with Gasteiger partial charge in [0, 0.05) is 18.6 Å². The second-order valence-electron chi connectivity index (χ2n) is 3.60. The van der Waals surface area contributed by atoms with Gasteiger partial charge in [-0.15, -0.1) is 0 Å². The van der Waals surface area contributed by atoms with E-state index in [1.54, 1.807) is 14.1 Å². The van der Waals surface area contributed by atoms with Crippen molar-refractivity contribution in [3.63, 3.8) is 0 Å². The summed E-state index contributed by atoms with van der Waals surface area (Å²) in [4.78, 5) is 13.3. The smallest absolute Gasteiger partial charge is 0.257 e. The lowest BCUT2D eigenvalue weighted by atomic mass is 10.2. The van der Waals surface area contributed by atoms with Crippen molar-refractivity contribution in [3.8, 4) is 5.75 Å². The highest BCUT2D eigenvalue weighted by molar-refractivity contribution is 9.10. The van der Waals surface area contributed by atoms with E-state index in [0.29, 0.717) is 15.6 Å². The summed E-state index contributed by atoms with van der Waals surface area (Å²) in [5.74, 6) is -0.0345. The highest BCUT2D eigenvalue weighted by Crippen LogP contribution is 2.26. The van der Waals surface area contributed by atoms with Crippen molar-refractivity contribution in [2.24, 2.45) is 0 Å². The molecule has 16 heavy (non-hydrogen) atoms. The van der Waals surface area contributed by atoms with Crippen LogP contribution < -0.4 is 0 Å². The molecule has 2 aromatic rings. The summed E-state index contributed by atoms with van der Waals surface area (Å²) in [6, 6.07) is 1.53. The average Bonchev–Trinajstić information content (AvgIpc) is 2.59. The molecule has 0 radical (unpaired) electrons. The van der Waals surface area contributed by atoms with Gasteiger partial charge in [-0.25, -0.2) is 4.52 Å². The second-order valence-corrected chi connectivity index (χ2v) is 4.45. The Hall–Kier alpha value is -1.56. The number of halogens is 1. The maximum absolute atomic E-state index is 11.8. The highest BCUT2D eigenvalue weighted by Gasteiger charge is 2.17. The lowest BCUT2D eigenvalue weighted by molar-refractivity contribution is 0.0829. The molecule has 0 aliphatic rings. The molecule has 0 fully saturated rings. The lowest BCUT2D eigenvalue weighted by Gasteiger charge is -2.09. The Morgan fingerprint density at radius 1 is 1.56 bits per heavy atom. The van der Waals surface area contributed by atoms with Crippen LogP contribution in [-0.2, 0) is 0 Å². The van der Waals surface area contributed by atoms with Gasteiger partial charge in [0.2, 0.25) is 0 Å². The molecule has 2 heterocycles. The summed E-state index contributed by atoms with van der Waals surface area (Å²) < 4.78 is 2.10. The first-order valence-corrected chi connectivity index (χ1v) is 5.37. The number of nitrogens with zero attached hydrogens (tertiary/aromatic N) is 3. The Morgan fingerprint density at radius 2 is 2.25 bits per heavy atom. The summed E-state index contributed by atoms with van der Waals surface area (Å²) in [6.45, 7) is 0. The van der Waals surface area contributed by atoms with E-state index >= 15 is 0 Å². The van der Waals surface area contributed by atoms with Crippen molar-refractivity contribution >= 4 is 27.4 Å². The largest absolute Gasteiger partial charge is 0.506 e. The number of aromatic hydroxyl groups is 1. The van der Waals surface area contributed by atoms with E-state index in [4.69, 9.17) is 0 Å². The van der Waals surface area contributed by atoms with Crippen LogP contribution in [0.15, 0.2) is 22.9 Å². The number of aromatic nitrogens is 2. The first-order valence-electron chi connectivity index (χ1n) is 4.58. The van der Waals surface area contributed by atoms with E-state index in [2.05, 4.69) is 21.0 Å².